The van der Waals surface area contributed by atoms with Crippen molar-refractivity contribution in [1.82, 2.24) is 5.32 Å². The van der Waals surface area contributed by atoms with Gasteiger partial charge in [0.15, 0.2) is 0 Å². The number of nitrogens with one attached hydrogen (secondary N) is 2. The molecule has 0 atom stereocenters. The van der Waals surface area contributed by atoms with Crippen LogP contribution in [-0.4, -0.2) is 17.9 Å². The Morgan fingerprint density at radius 1 is 0.889 bits per heavy atom. The van der Waals surface area contributed by atoms with E-state index in [2.05, 4.69) is 16.7 Å². The van der Waals surface area contributed by atoms with Gasteiger partial charge in [0.25, 0.3) is 11.8 Å². The molecule has 0 saturated heterocycles. The predicted molar refractivity (Wildman–Crippen MR) is 105 cm³/mol. The van der Waals surface area contributed by atoms with Crippen LogP contribution in [0.5, 0.6) is 0 Å². The first-order valence-electron chi connectivity index (χ1n) is 9.39. The minimum atomic E-state index is -0.346. The molecule has 138 valence electrons. The van der Waals surface area contributed by atoms with Crippen LogP contribution in [-0.2, 0) is 0 Å². The Kier molecular flexibility index (Phi) is 6.22. The molecule has 1 fully saturated rings. The molecule has 1 aliphatic carbocycles. The van der Waals surface area contributed by atoms with Crippen molar-refractivity contribution in [3.63, 3.8) is 0 Å². The molecule has 0 bridgehead atoms. The van der Waals surface area contributed by atoms with E-state index in [9.17, 15) is 9.59 Å². The highest BCUT2D eigenvalue weighted by atomic mass is 16.2. The molecule has 2 amide bonds. The van der Waals surface area contributed by atoms with E-state index in [1.165, 1.54) is 12.8 Å². The van der Waals surface area contributed by atoms with Crippen LogP contribution in [0.1, 0.15) is 64.8 Å². The van der Waals surface area contributed by atoms with Crippen molar-refractivity contribution in [3.8, 4) is 6.07 Å². The molecule has 2 N–H and O–H groups in total. The average molecular weight is 361 g/mol. The highest BCUT2D eigenvalue weighted by Crippen LogP contribution is 2.18. The zero-order valence-electron chi connectivity index (χ0n) is 15.2. The quantitative estimate of drug-likeness (QED) is 0.798. The van der Waals surface area contributed by atoms with Crippen LogP contribution in [0.25, 0.3) is 0 Å². The summed E-state index contributed by atoms with van der Waals surface area (Å²) in [5.74, 6) is -0.490. The lowest BCUT2D eigenvalue weighted by molar-refractivity contribution is 0.0933. The van der Waals surface area contributed by atoms with Gasteiger partial charge in [0.05, 0.1) is 11.3 Å². The summed E-state index contributed by atoms with van der Waals surface area (Å²) in [5, 5.41) is 15.0. The number of benzene rings is 2. The lowest BCUT2D eigenvalue weighted by atomic mass is 10.1. The number of carbonyl (C=O) groups is 2. The second-order valence-electron chi connectivity index (χ2n) is 6.85. The zero-order chi connectivity index (χ0) is 19.1. The van der Waals surface area contributed by atoms with Crippen molar-refractivity contribution in [2.45, 2.75) is 44.6 Å². The zero-order valence-corrected chi connectivity index (χ0v) is 15.2. The van der Waals surface area contributed by atoms with Crippen molar-refractivity contribution in [2.24, 2.45) is 0 Å². The largest absolute Gasteiger partial charge is 0.349 e. The maximum absolute atomic E-state index is 12.6. The van der Waals surface area contributed by atoms with Gasteiger partial charge in [0.2, 0.25) is 0 Å². The van der Waals surface area contributed by atoms with E-state index in [0.29, 0.717) is 22.4 Å². The van der Waals surface area contributed by atoms with Crippen LogP contribution < -0.4 is 10.6 Å². The van der Waals surface area contributed by atoms with Gasteiger partial charge in [0, 0.05) is 17.2 Å². The number of carbonyl (C=O) groups excluding carboxylic acids is 2. The highest BCUT2D eigenvalue weighted by Gasteiger charge is 2.17. The summed E-state index contributed by atoms with van der Waals surface area (Å²) in [6, 6.07) is 15.8. The van der Waals surface area contributed by atoms with Crippen LogP contribution >= 0.6 is 0 Å². The van der Waals surface area contributed by atoms with Gasteiger partial charge < -0.3 is 10.6 Å². The van der Waals surface area contributed by atoms with E-state index < -0.39 is 0 Å². The molecule has 0 radical (unpaired) electrons. The van der Waals surface area contributed by atoms with E-state index in [4.69, 9.17) is 5.26 Å². The maximum Gasteiger partial charge on any atom is 0.255 e. The fourth-order valence-electron chi connectivity index (χ4n) is 3.38. The molecule has 2 aromatic rings. The second-order valence-corrected chi connectivity index (χ2v) is 6.85. The third kappa shape index (κ3) is 4.95. The molecular formula is C22H23N3O2. The number of rotatable bonds is 4. The van der Waals surface area contributed by atoms with Gasteiger partial charge in [-0.3, -0.25) is 9.59 Å². The minimum Gasteiger partial charge on any atom is -0.349 e. The normalized spacial score (nSPS) is 14.6. The summed E-state index contributed by atoms with van der Waals surface area (Å²) in [4.78, 5) is 25.1. The Balaban J connectivity index is 1.70. The van der Waals surface area contributed by atoms with Crippen molar-refractivity contribution >= 4 is 17.5 Å². The second kappa shape index (κ2) is 9.00. The van der Waals surface area contributed by atoms with Gasteiger partial charge in [-0.25, -0.2) is 0 Å². The van der Waals surface area contributed by atoms with Crippen molar-refractivity contribution in [3.05, 3.63) is 65.2 Å². The first-order valence-corrected chi connectivity index (χ1v) is 9.39. The first-order chi connectivity index (χ1) is 13.2. The van der Waals surface area contributed by atoms with E-state index in [0.717, 1.165) is 25.7 Å². The van der Waals surface area contributed by atoms with E-state index in [-0.39, 0.29) is 17.9 Å². The molecule has 2 aromatic carbocycles. The minimum absolute atomic E-state index is 0.144. The molecule has 0 aliphatic heterocycles. The van der Waals surface area contributed by atoms with Crippen LogP contribution in [0.15, 0.2) is 48.5 Å². The maximum atomic E-state index is 12.6. The van der Waals surface area contributed by atoms with Gasteiger partial charge in [-0.2, -0.15) is 5.26 Å². The summed E-state index contributed by atoms with van der Waals surface area (Å²) < 4.78 is 0. The van der Waals surface area contributed by atoms with Gasteiger partial charge in [-0.05, 0) is 43.2 Å². The fraction of sp³-hybridized carbons (Fsp3) is 0.318. The lowest BCUT2D eigenvalue weighted by Gasteiger charge is -2.16. The molecule has 0 unspecified atom stereocenters. The van der Waals surface area contributed by atoms with Crippen molar-refractivity contribution in [1.29, 1.82) is 5.26 Å². The van der Waals surface area contributed by atoms with Gasteiger partial charge >= 0.3 is 0 Å². The summed E-state index contributed by atoms with van der Waals surface area (Å²) in [6.07, 6.45) is 6.77. The molecule has 0 aromatic heterocycles. The number of amides is 2. The average Bonchev–Trinajstić information content (AvgIpc) is 2.97. The third-order valence-corrected chi connectivity index (χ3v) is 4.87. The van der Waals surface area contributed by atoms with E-state index in [1.54, 1.807) is 48.5 Å². The molecule has 1 saturated carbocycles. The van der Waals surface area contributed by atoms with E-state index >= 15 is 0 Å². The summed E-state index contributed by atoms with van der Waals surface area (Å²) in [5.41, 5.74) is 1.71. The predicted octanol–water partition coefficient (Wildman–Crippen LogP) is 4.26. The Bertz CT molecular complexity index is 862. The Morgan fingerprint density at radius 3 is 2.26 bits per heavy atom. The van der Waals surface area contributed by atoms with Gasteiger partial charge in [0.1, 0.15) is 6.07 Å². The van der Waals surface area contributed by atoms with Crippen LogP contribution in [0.2, 0.25) is 0 Å². The number of hydrogen-bond acceptors (Lipinski definition) is 3. The molecule has 3 rings (SSSR count). The topological polar surface area (TPSA) is 82.0 Å². The molecule has 5 heteroatoms. The van der Waals surface area contributed by atoms with E-state index in [1.807, 2.05) is 0 Å². The molecule has 5 nitrogen and oxygen atoms in total. The molecule has 1 aliphatic rings. The summed E-state index contributed by atoms with van der Waals surface area (Å²) in [6.45, 7) is 0. The number of nitriles is 1. The standard InChI is InChI=1S/C22H23N3O2/c23-15-18-8-5-6-13-20(18)25-22(27)17-10-7-9-16(14-17)21(26)24-19-11-3-1-2-4-12-19/h5-10,13-14,19H,1-4,11-12H2,(H,24,26)(H,25,27). The number of para-hydroxylation sites is 1. The SMILES string of the molecule is N#Cc1ccccc1NC(=O)c1cccc(C(=O)NC2CCCCCC2)c1. The Labute approximate surface area is 159 Å². The van der Waals surface area contributed by atoms with Crippen LogP contribution in [0.4, 0.5) is 5.69 Å². The molecule has 0 spiro atoms. The highest BCUT2D eigenvalue weighted by molar-refractivity contribution is 6.06. The first kappa shape index (κ1) is 18.7. The number of hydrogen-bond donors (Lipinski definition) is 2. The van der Waals surface area contributed by atoms with Crippen molar-refractivity contribution in [2.75, 3.05) is 5.32 Å². The van der Waals surface area contributed by atoms with Gasteiger partial charge in [-0.15, -0.1) is 0 Å². The van der Waals surface area contributed by atoms with Crippen LogP contribution in [0, 0.1) is 11.3 Å². The lowest BCUT2D eigenvalue weighted by Crippen LogP contribution is -2.34. The molecular weight excluding hydrogens is 338 g/mol. The van der Waals surface area contributed by atoms with Crippen molar-refractivity contribution < 1.29 is 9.59 Å². The third-order valence-electron chi connectivity index (χ3n) is 4.87. The Morgan fingerprint density at radius 2 is 1.56 bits per heavy atom. The summed E-state index contributed by atoms with van der Waals surface area (Å²) >= 11 is 0. The number of anilines is 1. The number of nitrogens with zero attached hydrogens (tertiary/aromatic N) is 1. The smallest absolute Gasteiger partial charge is 0.255 e. The monoisotopic (exact) mass is 361 g/mol. The van der Waals surface area contributed by atoms with Gasteiger partial charge in [-0.1, -0.05) is 43.9 Å². The molecule has 27 heavy (non-hydrogen) atoms. The molecule has 0 heterocycles. The summed E-state index contributed by atoms with van der Waals surface area (Å²) in [7, 11) is 0. The Hall–Kier alpha value is -3.13. The van der Waals surface area contributed by atoms with Crippen LogP contribution in [0.3, 0.4) is 0 Å². The fourth-order valence-corrected chi connectivity index (χ4v) is 3.38.